The lowest BCUT2D eigenvalue weighted by atomic mass is 9.55. The third-order valence-electron chi connectivity index (χ3n) is 4.31. The maximum Gasteiger partial charge on any atom is 0.309 e. The van der Waals surface area contributed by atoms with Gasteiger partial charge in [-0.15, -0.1) is 0 Å². The summed E-state index contributed by atoms with van der Waals surface area (Å²) in [5, 5.41) is 9.98. The SMILES string of the molecule is O=C1OC[C@@]23CC[C@@H](C[C@H]12)[C@@H](O)[C@@H]3Br. The first kappa shape index (κ1) is 9.16. The zero-order valence-corrected chi connectivity index (χ0v) is 9.37. The number of carbonyl (C=O) groups is 1. The van der Waals surface area contributed by atoms with Crippen molar-refractivity contribution in [3.63, 3.8) is 0 Å². The van der Waals surface area contributed by atoms with Gasteiger partial charge in [0.05, 0.1) is 23.5 Å². The van der Waals surface area contributed by atoms with E-state index in [4.69, 9.17) is 4.74 Å². The zero-order valence-electron chi connectivity index (χ0n) is 7.78. The van der Waals surface area contributed by atoms with Gasteiger partial charge < -0.3 is 9.84 Å². The van der Waals surface area contributed by atoms with E-state index in [9.17, 15) is 9.90 Å². The predicted molar refractivity (Wildman–Crippen MR) is 52.9 cm³/mol. The molecule has 4 fully saturated rings. The second-order valence-corrected chi connectivity index (χ2v) is 5.81. The highest BCUT2D eigenvalue weighted by molar-refractivity contribution is 9.09. The normalized spacial score (nSPS) is 55.7. The van der Waals surface area contributed by atoms with Crippen LogP contribution in [0.2, 0.25) is 0 Å². The molecule has 14 heavy (non-hydrogen) atoms. The van der Waals surface area contributed by atoms with E-state index in [-0.39, 0.29) is 34.2 Å². The van der Waals surface area contributed by atoms with Crippen LogP contribution in [0.3, 0.4) is 0 Å². The Morgan fingerprint density at radius 2 is 2.36 bits per heavy atom. The topological polar surface area (TPSA) is 46.5 Å². The molecule has 1 N–H and O–H groups in total. The van der Waals surface area contributed by atoms with Crippen molar-refractivity contribution >= 4 is 21.9 Å². The standard InChI is InChI=1S/C10H13BrO3/c11-8-7(12)5-1-2-10(8)4-14-9(13)6(10)3-5/h5-8,12H,1-4H2/t5-,6+,7+,8-,10-/m0/s1. The molecule has 4 aliphatic rings. The molecule has 0 aromatic heterocycles. The lowest BCUT2D eigenvalue weighted by Crippen LogP contribution is -2.57. The Labute approximate surface area is 90.9 Å². The number of aliphatic hydroxyl groups excluding tert-OH is 1. The van der Waals surface area contributed by atoms with E-state index in [2.05, 4.69) is 15.9 Å². The number of hydrogen-bond acceptors (Lipinski definition) is 3. The lowest BCUT2D eigenvalue weighted by Gasteiger charge is -2.52. The molecule has 1 saturated heterocycles. The fraction of sp³-hybridized carbons (Fsp3) is 0.900. The third-order valence-corrected chi connectivity index (χ3v) is 5.77. The minimum Gasteiger partial charge on any atom is -0.465 e. The number of aliphatic hydroxyl groups is 1. The first-order valence-electron chi connectivity index (χ1n) is 5.14. The van der Waals surface area contributed by atoms with E-state index in [0.717, 1.165) is 19.3 Å². The van der Waals surface area contributed by atoms with Gasteiger partial charge >= 0.3 is 5.97 Å². The summed E-state index contributed by atoms with van der Waals surface area (Å²) in [5.74, 6) is 0.275. The van der Waals surface area contributed by atoms with Crippen molar-refractivity contribution in [2.75, 3.05) is 6.61 Å². The molecule has 3 saturated carbocycles. The van der Waals surface area contributed by atoms with Crippen molar-refractivity contribution in [2.45, 2.75) is 30.2 Å². The van der Waals surface area contributed by atoms with E-state index in [0.29, 0.717) is 6.61 Å². The largest absolute Gasteiger partial charge is 0.465 e. The van der Waals surface area contributed by atoms with Crippen molar-refractivity contribution < 1.29 is 14.6 Å². The van der Waals surface area contributed by atoms with Crippen LogP contribution in [-0.2, 0) is 9.53 Å². The van der Waals surface area contributed by atoms with E-state index in [1.165, 1.54) is 0 Å². The lowest BCUT2D eigenvalue weighted by molar-refractivity contribution is -0.143. The Hall–Kier alpha value is -0.0900. The average Bonchev–Trinajstić information content (AvgIpc) is 2.54. The highest BCUT2D eigenvalue weighted by Crippen LogP contribution is 2.59. The average molecular weight is 261 g/mol. The van der Waals surface area contributed by atoms with Crippen LogP contribution < -0.4 is 0 Å². The van der Waals surface area contributed by atoms with Crippen LogP contribution in [0.5, 0.6) is 0 Å². The van der Waals surface area contributed by atoms with Gasteiger partial charge in [-0.25, -0.2) is 0 Å². The minimum absolute atomic E-state index is 0.0361. The molecule has 2 bridgehead atoms. The molecular formula is C10H13BrO3. The third kappa shape index (κ3) is 0.890. The van der Waals surface area contributed by atoms with Crippen molar-refractivity contribution in [2.24, 2.45) is 17.3 Å². The van der Waals surface area contributed by atoms with Gasteiger partial charge in [0.1, 0.15) is 0 Å². The summed E-state index contributed by atoms with van der Waals surface area (Å²) in [5.41, 5.74) is -0.106. The number of esters is 1. The van der Waals surface area contributed by atoms with Gasteiger partial charge in [-0.05, 0) is 25.2 Å². The van der Waals surface area contributed by atoms with Gasteiger partial charge in [-0.1, -0.05) is 15.9 Å². The summed E-state index contributed by atoms with van der Waals surface area (Å²) in [6.07, 6.45) is 2.58. The van der Waals surface area contributed by atoms with Gasteiger partial charge in [0.15, 0.2) is 0 Å². The van der Waals surface area contributed by atoms with Crippen LogP contribution in [0.4, 0.5) is 0 Å². The first-order chi connectivity index (χ1) is 6.65. The number of fused-ring (bicyclic) bond motifs is 2. The van der Waals surface area contributed by atoms with E-state index in [1.807, 2.05) is 0 Å². The van der Waals surface area contributed by atoms with Crippen molar-refractivity contribution in [1.82, 2.24) is 0 Å². The molecule has 4 rings (SSSR count). The number of cyclic esters (lactones) is 1. The van der Waals surface area contributed by atoms with Gasteiger partial charge in [0.25, 0.3) is 0 Å². The maximum absolute atomic E-state index is 11.5. The molecule has 78 valence electrons. The molecule has 4 heteroatoms. The maximum atomic E-state index is 11.5. The number of alkyl halides is 1. The summed E-state index contributed by atoms with van der Waals surface area (Å²) in [4.78, 5) is 11.6. The fourth-order valence-electron chi connectivity index (χ4n) is 3.39. The molecule has 1 aliphatic heterocycles. The van der Waals surface area contributed by atoms with Crippen LogP contribution >= 0.6 is 15.9 Å². The summed E-state index contributed by atoms with van der Waals surface area (Å²) in [6, 6.07) is 0. The van der Waals surface area contributed by atoms with Crippen molar-refractivity contribution in [3.8, 4) is 0 Å². The Morgan fingerprint density at radius 1 is 1.57 bits per heavy atom. The molecule has 3 nitrogen and oxygen atoms in total. The fourth-order valence-corrected chi connectivity index (χ4v) is 4.50. The summed E-state index contributed by atoms with van der Waals surface area (Å²) < 4.78 is 5.16. The summed E-state index contributed by atoms with van der Waals surface area (Å²) in [6.45, 7) is 0.496. The van der Waals surface area contributed by atoms with Gasteiger partial charge in [0, 0.05) is 5.41 Å². The molecule has 5 atom stereocenters. The first-order valence-corrected chi connectivity index (χ1v) is 6.05. The monoisotopic (exact) mass is 260 g/mol. The van der Waals surface area contributed by atoms with E-state index in [1.54, 1.807) is 0 Å². The van der Waals surface area contributed by atoms with Gasteiger partial charge in [0.2, 0.25) is 0 Å². The highest BCUT2D eigenvalue weighted by atomic mass is 79.9. The van der Waals surface area contributed by atoms with Crippen LogP contribution in [0.25, 0.3) is 0 Å². The van der Waals surface area contributed by atoms with Crippen molar-refractivity contribution in [3.05, 3.63) is 0 Å². The van der Waals surface area contributed by atoms with Crippen LogP contribution in [-0.4, -0.2) is 28.6 Å². The number of rotatable bonds is 0. The van der Waals surface area contributed by atoms with Gasteiger partial charge in [-0.2, -0.15) is 0 Å². The molecule has 0 amide bonds. The van der Waals surface area contributed by atoms with Gasteiger partial charge in [-0.3, -0.25) is 4.79 Å². The Morgan fingerprint density at radius 3 is 3.14 bits per heavy atom. The Kier molecular flexibility index (Phi) is 1.78. The molecule has 1 heterocycles. The van der Waals surface area contributed by atoms with Crippen LogP contribution in [0.1, 0.15) is 19.3 Å². The van der Waals surface area contributed by atoms with Crippen LogP contribution in [0.15, 0.2) is 0 Å². The predicted octanol–water partition coefficient (Wildman–Crippen LogP) is 1.08. The number of ether oxygens (including phenoxy) is 1. The number of carbonyl (C=O) groups excluding carboxylic acids is 1. The molecule has 1 spiro atoms. The summed E-state index contributed by atoms with van der Waals surface area (Å²) >= 11 is 3.55. The number of halogens is 1. The molecular weight excluding hydrogens is 248 g/mol. The second kappa shape index (κ2) is 2.73. The van der Waals surface area contributed by atoms with E-state index < -0.39 is 0 Å². The Bertz CT molecular complexity index is 293. The zero-order chi connectivity index (χ0) is 9.92. The minimum atomic E-state index is -0.297. The second-order valence-electron chi connectivity index (χ2n) is 4.82. The van der Waals surface area contributed by atoms with E-state index >= 15 is 0 Å². The van der Waals surface area contributed by atoms with Crippen molar-refractivity contribution in [1.29, 1.82) is 0 Å². The molecule has 0 aromatic carbocycles. The summed E-state index contributed by atoms with van der Waals surface area (Å²) in [7, 11) is 0. The molecule has 0 radical (unpaired) electrons. The number of hydrogen-bond donors (Lipinski definition) is 1. The molecule has 3 aliphatic carbocycles. The van der Waals surface area contributed by atoms with Crippen LogP contribution in [0, 0.1) is 17.3 Å². The quantitative estimate of drug-likeness (QED) is 0.524. The molecule has 0 aromatic rings. The highest BCUT2D eigenvalue weighted by Gasteiger charge is 2.63. The molecule has 0 unspecified atom stereocenters. The smallest absolute Gasteiger partial charge is 0.309 e. The Balaban J connectivity index is 2.03.